The highest BCUT2D eigenvalue weighted by molar-refractivity contribution is 7.20. The Bertz CT molecular complexity index is 1040. The largest absolute Gasteiger partial charge is 0.477 e. The Morgan fingerprint density at radius 3 is 2.96 bits per heavy atom. The van der Waals surface area contributed by atoms with Crippen LogP contribution in [0.4, 0.5) is 0 Å². The predicted octanol–water partition coefficient (Wildman–Crippen LogP) is 2.31. The molecule has 24 heavy (non-hydrogen) atoms. The van der Waals surface area contributed by atoms with Crippen LogP contribution < -0.4 is 15.0 Å². The highest BCUT2D eigenvalue weighted by atomic mass is 32.1. The van der Waals surface area contributed by atoms with Gasteiger partial charge in [0.2, 0.25) is 6.79 Å². The number of H-pyrrole nitrogens is 1. The van der Waals surface area contributed by atoms with Crippen molar-refractivity contribution in [3.8, 4) is 11.5 Å². The zero-order valence-corrected chi connectivity index (χ0v) is 13.4. The molecule has 0 saturated carbocycles. The van der Waals surface area contributed by atoms with Crippen molar-refractivity contribution in [1.82, 2.24) is 9.97 Å². The van der Waals surface area contributed by atoms with Gasteiger partial charge >= 0.3 is 5.97 Å². The van der Waals surface area contributed by atoms with Crippen LogP contribution in [-0.2, 0) is 6.42 Å². The van der Waals surface area contributed by atoms with E-state index in [9.17, 15) is 14.7 Å². The normalized spacial score (nSPS) is 12.7. The number of aromatic nitrogens is 2. The summed E-state index contributed by atoms with van der Waals surface area (Å²) >= 11 is 1.02. The van der Waals surface area contributed by atoms with Gasteiger partial charge < -0.3 is 19.6 Å². The fraction of sp³-hybridized carbons (Fsp3) is 0.188. The summed E-state index contributed by atoms with van der Waals surface area (Å²) in [6, 6.07) is 5.53. The number of carboxylic acid groups (broad SMARTS) is 1. The molecule has 0 aliphatic carbocycles. The quantitative estimate of drug-likeness (QED) is 0.756. The second kappa shape index (κ2) is 5.34. The van der Waals surface area contributed by atoms with Crippen molar-refractivity contribution >= 4 is 27.5 Å². The summed E-state index contributed by atoms with van der Waals surface area (Å²) in [6.07, 6.45) is 0.404. The average Bonchev–Trinajstić information content (AvgIpc) is 3.11. The zero-order valence-electron chi connectivity index (χ0n) is 12.6. The molecule has 0 unspecified atom stereocenters. The molecule has 7 nitrogen and oxygen atoms in total. The minimum absolute atomic E-state index is 0.142. The van der Waals surface area contributed by atoms with E-state index in [-0.39, 0.29) is 17.2 Å². The molecule has 0 amide bonds. The molecule has 1 aromatic carbocycles. The molecule has 2 aromatic heterocycles. The number of thiophene rings is 1. The third-order valence-electron chi connectivity index (χ3n) is 3.85. The lowest BCUT2D eigenvalue weighted by molar-refractivity contribution is 0.0701. The predicted molar refractivity (Wildman–Crippen MR) is 87.3 cm³/mol. The van der Waals surface area contributed by atoms with E-state index in [2.05, 4.69) is 9.97 Å². The SMILES string of the molecule is Cc1c(C(=O)O)sc2nc(Cc3ccc4c(c3)OCO4)[nH]c(=O)c12. The Morgan fingerprint density at radius 2 is 2.17 bits per heavy atom. The summed E-state index contributed by atoms with van der Waals surface area (Å²) in [5, 5.41) is 9.54. The first-order valence-corrected chi connectivity index (χ1v) is 7.98. The van der Waals surface area contributed by atoms with E-state index in [4.69, 9.17) is 9.47 Å². The van der Waals surface area contributed by atoms with Gasteiger partial charge in [0.1, 0.15) is 15.5 Å². The summed E-state index contributed by atoms with van der Waals surface area (Å²) in [7, 11) is 0. The van der Waals surface area contributed by atoms with Crippen molar-refractivity contribution < 1.29 is 19.4 Å². The topological polar surface area (TPSA) is 102 Å². The first-order chi connectivity index (χ1) is 11.5. The van der Waals surface area contributed by atoms with Crippen molar-refractivity contribution in [1.29, 1.82) is 0 Å². The molecule has 3 heterocycles. The number of carbonyl (C=O) groups is 1. The smallest absolute Gasteiger partial charge is 0.346 e. The van der Waals surface area contributed by atoms with Crippen LogP contribution in [-0.4, -0.2) is 27.8 Å². The van der Waals surface area contributed by atoms with Gasteiger partial charge in [-0.3, -0.25) is 4.79 Å². The third kappa shape index (κ3) is 2.31. The zero-order chi connectivity index (χ0) is 16.8. The molecular formula is C16H12N2O5S. The van der Waals surface area contributed by atoms with E-state index in [0.29, 0.717) is 39.5 Å². The van der Waals surface area contributed by atoms with E-state index in [0.717, 1.165) is 16.9 Å². The Balaban J connectivity index is 1.75. The number of nitrogens with zero attached hydrogens (tertiary/aromatic N) is 1. The van der Waals surface area contributed by atoms with Crippen molar-refractivity contribution in [3.63, 3.8) is 0 Å². The van der Waals surface area contributed by atoms with Crippen molar-refractivity contribution in [2.75, 3.05) is 6.79 Å². The van der Waals surface area contributed by atoms with Crippen LogP contribution in [0.25, 0.3) is 10.2 Å². The van der Waals surface area contributed by atoms with Crippen LogP contribution in [0.3, 0.4) is 0 Å². The molecule has 0 bridgehead atoms. The second-order valence-corrected chi connectivity index (χ2v) is 6.42. The van der Waals surface area contributed by atoms with E-state index in [1.54, 1.807) is 6.92 Å². The van der Waals surface area contributed by atoms with E-state index >= 15 is 0 Å². The molecular weight excluding hydrogens is 332 g/mol. The number of hydrogen-bond donors (Lipinski definition) is 2. The number of rotatable bonds is 3. The van der Waals surface area contributed by atoms with Gasteiger partial charge in [-0.25, -0.2) is 9.78 Å². The lowest BCUT2D eigenvalue weighted by atomic mass is 10.1. The van der Waals surface area contributed by atoms with Gasteiger partial charge in [-0.15, -0.1) is 11.3 Å². The van der Waals surface area contributed by atoms with Gasteiger partial charge in [-0.1, -0.05) is 6.07 Å². The standard InChI is InChI=1S/C16H12N2O5S/c1-7-12-14(19)17-11(18-15(12)24-13(7)16(20)21)5-8-2-3-9-10(4-8)23-6-22-9/h2-4H,5-6H2,1H3,(H,20,21)(H,17,18,19). The maximum Gasteiger partial charge on any atom is 0.346 e. The number of aryl methyl sites for hydroxylation is 1. The van der Waals surface area contributed by atoms with Crippen LogP contribution in [0.1, 0.15) is 26.6 Å². The van der Waals surface area contributed by atoms with E-state index in [1.165, 1.54) is 0 Å². The fourth-order valence-electron chi connectivity index (χ4n) is 2.72. The Labute approximate surface area is 139 Å². The Morgan fingerprint density at radius 1 is 1.38 bits per heavy atom. The second-order valence-electron chi connectivity index (χ2n) is 5.42. The number of hydrogen-bond acceptors (Lipinski definition) is 6. The summed E-state index contributed by atoms with van der Waals surface area (Å²) in [4.78, 5) is 31.3. The molecule has 3 aromatic rings. The Hall–Kier alpha value is -2.87. The van der Waals surface area contributed by atoms with E-state index < -0.39 is 5.97 Å². The van der Waals surface area contributed by atoms with Gasteiger partial charge in [0.15, 0.2) is 11.5 Å². The highest BCUT2D eigenvalue weighted by Crippen LogP contribution is 2.33. The van der Waals surface area contributed by atoms with Gasteiger partial charge in [0.05, 0.1) is 5.39 Å². The lowest BCUT2D eigenvalue weighted by Crippen LogP contribution is -2.12. The summed E-state index contributed by atoms with van der Waals surface area (Å²) in [5.74, 6) is 0.781. The molecule has 0 spiro atoms. The number of ether oxygens (including phenoxy) is 2. The molecule has 122 valence electrons. The monoisotopic (exact) mass is 344 g/mol. The molecule has 4 rings (SSSR count). The van der Waals surface area contributed by atoms with Gasteiger partial charge in [0.25, 0.3) is 5.56 Å². The van der Waals surface area contributed by atoms with Crippen molar-refractivity contribution in [2.45, 2.75) is 13.3 Å². The molecule has 0 radical (unpaired) electrons. The minimum atomic E-state index is -1.05. The Kier molecular flexibility index (Phi) is 3.27. The van der Waals surface area contributed by atoms with Gasteiger partial charge in [-0.05, 0) is 30.2 Å². The molecule has 2 N–H and O–H groups in total. The highest BCUT2D eigenvalue weighted by Gasteiger charge is 2.19. The van der Waals surface area contributed by atoms with Crippen LogP contribution in [0.15, 0.2) is 23.0 Å². The van der Waals surface area contributed by atoms with Crippen LogP contribution >= 0.6 is 11.3 Å². The molecule has 0 fully saturated rings. The number of fused-ring (bicyclic) bond motifs is 2. The van der Waals surface area contributed by atoms with Crippen LogP contribution in [0.5, 0.6) is 11.5 Å². The minimum Gasteiger partial charge on any atom is -0.477 e. The number of carboxylic acids is 1. The number of aromatic amines is 1. The maximum absolute atomic E-state index is 12.3. The number of benzene rings is 1. The number of nitrogens with one attached hydrogen (secondary N) is 1. The summed E-state index contributed by atoms with van der Waals surface area (Å²) < 4.78 is 10.6. The molecule has 1 aliphatic heterocycles. The average molecular weight is 344 g/mol. The van der Waals surface area contributed by atoms with Crippen molar-refractivity contribution in [3.05, 3.63) is 50.4 Å². The third-order valence-corrected chi connectivity index (χ3v) is 5.03. The summed E-state index contributed by atoms with van der Waals surface area (Å²) in [6.45, 7) is 1.82. The number of aromatic carboxylic acids is 1. The lowest BCUT2D eigenvalue weighted by Gasteiger charge is -2.03. The molecule has 1 aliphatic rings. The van der Waals surface area contributed by atoms with Gasteiger partial charge in [-0.2, -0.15) is 0 Å². The molecule has 8 heteroatoms. The first-order valence-electron chi connectivity index (χ1n) is 7.17. The van der Waals surface area contributed by atoms with Crippen LogP contribution in [0.2, 0.25) is 0 Å². The fourth-order valence-corrected chi connectivity index (χ4v) is 3.76. The van der Waals surface area contributed by atoms with E-state index in [1.807, 2.05) is 18.2 Å². The molecule has 0 saturated heterocycles. The van der Waals surface area contributed by atoms with Gasteiger partial charge in [0, 0.05) is 6.42 Å². The summed E-state index contributed by atoms with van der Waals surface area (Å²) in [5.41, 5.74) is 1.04. The first kappa shape index (κ1) is 14.7. The van der Waals surface area contributed by atoms with Crippen molar-refractivity contribution in [2.24, 2.45) is 0 Å². The van der Waals surface area contributed by atoms with Crippen LogP contribution in [0, 0.1) is 6.92 Å². The maximum atomic E-state index is 12.3. The molecule has 0 atom stereocenters.